The van der Waals surface area contributed by atoms with E-state index in [1.54, 1.807) is 44.4 Å². The quantitative estimate of drug-likeness (QED) is 0.629. The van der Waals surface area contributed by atoms with E-state index >= 15 is 0 Å². The van der Waals surface area contributed by atoms with E-state index in [1.807, 2.05) is 18.2 Å². The van der Waals surface area contributed by atoms with Gasteiger partial charge in [-0.1, -0.05) is 6.07 Å². The first-order valence-corrected chi connectivity index (χ1v) is 8.65. The molecule has 3 aromatic rings. The van der Waals surface area contributed by atoms with Crippen LogP contribution in [0.2, 0.25) is 0 Å². The summed E-state index contributed by atoms with van der Waals surface area (Å²) in [5, 5.41) is 0. The van der Waals surface area contributed by atoms with Crippen LogP contribution >= 0.6 is 0 Å². The van der Waals surface area contributed by atoms with Crippen molar-refractivity contribution in [2.45, 2.75) is 6.42 Å². The molecule has 2 N–H and O–H groups in total. The number of fused-ring (bicyclic) bond motifs is 1. The molecule has 0 saturated carbocycles. The smallest absolute Gasteiger partial charge is 0.314 e. The molecule has 2 aromatic carbocycles. The monoisotopic (exact) mass is 383 g/mol. The number of carbonyl (C=O) groups excluding carboxylic acids is 1. The van der Waals surface area contributed by atoms with E-state index < -0.39 is 11.1 Å². The van der Waals surface area contributed by atoms with Crippen molar-refractivity contribution in [1.29, 1.82) is 0 Å². The highest BCUT2D eigenvalue weighted by Crippen LogP contribution is 2.27. The van der Waals surface area contributed by atoms with Crippen molar-refractivity contribution in [2.24, 2.45) is 0 Å². The number of H-pyrrole nitrogens is 2. The molecule has 8 heteroatoms. The van der Waals surface area contributed by atoms with Crippen molar-refractivity contribution in [3.05, 3.63) is 68.2 Å². The molecule has 146 valence electrons. The van der Waals surface area contributed by atoms with Crippen molar-refractivity contribution in [1.82, 2.24) is 14.9 Å². The lowest BCUT2D eigenvalue weighted by Crippen LogP contribution is -2.30. The fourth-order valence-corrected chi connectivity index (χ4v) is 2.90. The fourth-order valence-electron chi connectivity index (χ4n) is 2.90. The molecule has 0 spiro atoms. The van der Waals surface area contributed by atoms with Crippen LogP contribution in [0.15, 0.2) is 46.0 Å². The Bertz CT molecular complexity index is 1130. The molecule has 0 aliphatic heterocycles. The summed E-state index contributed by atoms with van der Waals surface area (Å²) in [5.41, 5.74) is 0.832. The van der Waals surface area contributed by atoms with Gasteiger partial charge >= 0.3 is 11.1 Å². The average Bonchev–Trinajstić information content (AvgIpc) is 2.71. The summed E-state index contributed by atoms with van der Waals surface area (Å²) in [6, 6.07) is 10.4. The molecule has 1 amide bonds. The number of hydrogen-bond acceptors (Lipinski definition) is 5. The molecule has 0 saturated heterocycles. The number of benzene rings is 2. The zero-order valence-electron chi connectivity index (χ0n) is 15.9. The predicted octanol–water partition coefficient (Wildman–Crippen LogP) is 1.55. The van der Waals surface area contributed by atoms with Crippen LogP contribution in [-0.2, 0) is 6.42 Å². The Morgan fingerprint density at radius 1 is 0.929 bits per heavy atom. The minimum Gasteiger partial charge on any atom is -0.493 e. The van der Waals surface area contributed by atoms with Crippen LogP contribution in [0.1, 0.15) is 15.9 Å². The number of ether oxygens (including phenoxy) is 2. The Hall–Kier alpha value is -3.55. The van der Waals surface area contributed by atoms with E-state index in [9.17, 15) is 14.4 Å². The summed E-state index contributed by atoms with van der Waals surface area (Å²) >= 11 is 0. The summed E-state index contributed by atoms with van der Waals surface area (Å²) in [6.07, 6.45) is 0.639. The molecule has 0 atom stereocenters. The van der Waals surface area contributed by atoms with Crippen LogP contribution in [-0.4, -0.2) is 48.6 Å². The van der Waals surface area contributed by atoms with E-state index in [2.05, 4.69) is 9.97 Å². The molecule has 8 nitrogen and oxygen atoms in total. The van der Waals surface area contributed by atoms with Crippen molar-refractivity contribution < 1.29 is 14.3 Å². The highest BCUT2D eigenvalue weighted by Gasteiger charge is 2.13. The van der Waals surface area contributed by atoms with E-state index in [1.165, 1.54) is 0 Å². The van der Waals surface area contributed by atoms with Crippen LogP contribution in [0.3, 0.4) is 0 Å². The average molecular weight is 383 g/mol. The third kappa shape index (κ3) is 3.90. The third-order valence-corrected chi connectivity index (χ3v) is 4.50. The largest absolute Gasteiger partial charge is 0.493 e. The van der Waals surface area contributed by atoms with Gasteiger partial charge in [0.15, 0.2) is 11.5 Å². The number of nitrogens with one attached hydrogen (secondary N) is 2. The number of rotatable bonds is 6. The van der Waals surface area contributed by atoms with Gasteiger partial charge in [0.2, 0.25) is 0 Å². The van der Waals surface area contributed by atoms with E-state index in [0.717, 1.165) is 5.56 Å². The number of amides is 1. The van der Waals surface area contributed by atoms with Gasteiger partial charge in [0, 0.05) is 19.2 Å². The molecule has 0 aliphatic carbocycles. The Morgan fingerprint density at radius 3 is 2.29 bits per heavy atom. The van der Waals surface area contributed by atoms with Crippen molar-refractivity contribution in [3.63, 3.8) is 0 Å². The van der Waals surface area contributed by atoms with Crippen molar-refractivity contribution in [2.75, 3.05) is 27.8 Å². The summed E-state index contributed by atoms with van der Waals surface area (Å²) in [7, 11) is 4.87. The maximum Gasteiger partial charge on any atom is 0.314 e. The van der Waals surface area contributed by atoms with Gasteiger partial charge in [-0.2, -0.15) is 0 Å². The molecule has 3 rings (SSSR count). The molecule has 1 heterocycles. The number of aromatic nitrogens is 2. The first kappa shape index (κ1) is 19.2. The highest BCUT2D eigenvalue weighted by molar-refractivity contribution is 5.97. The second kappa shape index (κ2) is 7.99. The zero-order chi connectivity index (χ0) is 20.3. The molecule has 1 aromatic heterocycles. The molecule has 28 heavy (non-hydrogen) atoms. The number of likely N-dealkylation sites (N-methyl/N-ethyl adjacent to an activating group) is 1. The fraction of sp³-hybridized carbons (Fsp3) is 0.250. The standard InChI is InChI=1S/C20H21N3O5/c1-23(9-8-12-4-7-16(27-2)17(10-12)28-3)20(26)13-5-6-14-15(11-13)22-19(25)18(24)21-14/h4-7,10-11H,8-9H2,1-3H3,(H,21,24)(H,22,25). The summed E-state index contributed by atoms with van der Waals surface area (Å²) in [6.45, 7) is 0.495. The molecule has 0 radical (unpaired) electrons. The number of nitrogens with zero attached hydrogens (tertiary/aromatic N) is 1. The maximum atomic E-state index is 12.7. The van der Waals surface area contributed by atoms with Gasteiger partial charge in [0.05, 0.1) is 25.3 Å². The molecular formula is C20H21N3O5. The van der Waals surface area contributed by atoms with Gasteiger partial charge in [-0.15, -0.1) is 0 Å². The number of methoxy groups -OCH3 is 2. The predicted molar refractivity (Wildman–Crippen MR) is 105 cm³/mol. The second-order valence-corrected chi connectivity index (χ2v) is 6.33. The molecule has 0 unspecified atom stereocenters. The lowest BCUT2D eigenvalue weighted by atomic mass is 10.1. The van der Waals surface area contributed by atoms with Crippen LogP contribution < -0.4 is 20.6 Å². The highest BCUT2D eigenvalue weighted by atomic mass is 16.5. The Morgan fingerprint density at radius 2 is 1.61 bits per heavy atom. The molecular weight excluding hydrogens is 362 g/mol. The lowest BCUT2D eigenvalue weighted by Gasteiger charge is -2.18. The second-order valence-electron chi connectivity index (χ2n) is 6.33. The Balaban J connectivity index is 1.74. The van der Waals surface area contributed by atoms with Gasteiger partial charge in [0.25, 0.3) is 5.91 Å². The maximum absolute atomic E-state index is 12.7. The van der Waals surface area contributed by atoms with Crippen molar-refractivity contribution in [3.8, 4) is 11.5 Å². The first-order chi connectivity index (χ1) is 13.4. The van der Waals surface area contributed by atoms with Gasteiger partial charge in [-0.3, -0.25) is 14.4 Å². The minimum absolute atomic E-state index is 0.186. The van der Waals surface area contributed by atoms with Crippen molar-refractivity contribution >= 4 is 16.9 Å². The van der Waals surface area contributed by atoms with Gasteiger partial charge < -0.3 is 24.3 Å². The van der Waals surface area contributed by atoms with Gasteiger partial charge in [-0.25, -0.2) is 0 Å². The SMILES string of the molecule is COc1ccc(CCN(C)C(=O)c2ccc3[nH]c(=O)c(=O)[nH]c3c2)cc1OC. The Kier molecular flexibility index (Phi) is 5.49. The van der Waals surface area contributed by atoms with Gasteiger partial charge in [0.1, 0.15) is 0 Å². The molecule has 0 bridgehead atoms. The minimum atomic E-state index is -0.751. The molecule has 0 aliphatic rings. The topological polar surface area (TPSA) is 104 Å². The van der Waals surface area contributed by atoms with Gasteiger partial charge in [-0.05, 0) is 42.3 Å². The van der Waals surface area contributed by atoms with Crippen LogP contribution in [0.5, 0.6) is 11.5 Å². The molecule has 0 fully saturated rings. The van der Waals surface area contributed by atoms with E-state index in [0.29, 0.717) is 41.1 Å². The van der Waals surface area contributed by atoms with E-state index in [4.69, 9.17) is 9.47 Å². The van der Waals surface area contributed by atoms with E-state index in [-0.39, 0.29) is 5.91 Å². The van der Waals surface area contributed by atoms with Crippen LogP contribution in [0, 0.1) is 0 Å². The zero-order valence-corrected chi connectivity index (χ0v) is 15.9. The normalized spacial score (nSPS) is 10.7. The lowest BCUT2D eigenvalue weighted by molar-refractivity contribution is 0.0796. The van der Waals surface area contributed by atoms with Crippen LogP contribution in [0.4, 0.5) is 0 Å². The summed E-state index contributed by atoms with van der Waals surface area (Å²) in [4.78, 5) is 42.1. The number of hydrogen-bond donors (Lipinski definition) is 2. The summed E-state index contributed by atoms with van der Waals surface area (Å²) < 4.78 is 10.5. The van der Waals surface area contributed by atoms with Crippen LogP contribution in [0.25, 0.3) is 11.0 Å². The summed E-state index contributed by atoms with van der Waals surface area (Å²) in [5.74, 6) is 1.11. The number of carbonyl (C=O) groups is 1. The third-order valence-electron chi connectivity index (χ3n) is 4.50. The number of aromatic amines is 2. The first-order valence-electron chi connectivity index (χ1n) is 8.65. The Labute approximate surface area is 160 Å².